The Labute approximate surface area is 85.0 Å². The molecule has 0 saturated carbocycles. The fourth-order valence-corrected chi connectivity index (χ4v) is 1.86. The third-order valence-corrected chi connectivity index (χ3v) is 2.79. The maximum absolute atomic E-state index is 11.5. The van der Waals surface area contributed by atoms with Crippen LogP contribution in [0.3, 0.4) is 0 Å². The predicted molar refractivity (Wildman–Crippen MR) is 55.9 cm³/mol. The van der Waals surface area contributed by atoms with E-state index in [-0.39, 0.29) is 18.0 Å². The third kappa shape index (κ3) is 2.43. The molecule has 2 unspecified atom stereocenters. The van der Waals surface area contributed by atoms with Gasteiger partial charge >= 0.3 is 0 Å². The van der Waals surface area contributed by atoms with Crippen molar-refractivity contribution in [2.24, 2.45) is 5.73 Å². The molecule has 82 valence electrons. The Morgan fingerprint density at radius 3 is 3.07 bits per heavy atom. The van der Waals surface area contributed by atoms with Gasteiger partial charge in [-0.25, -0.2) is 0 Å². The van der Waals surface area contributed by atoms with Crippen molar-refractivity contribution in [1.29, 1.82) is 0 Å². The second-order valence-electron chi connectivity index (χ2n) is 3.62. The van der Waals surface area contributed by atoms with Gasteiger partial charge in [0.1, 0.15) is 0 Å². The van der Waals surface area contributed by atoms with Crippen LogP contribution in [0.15, 0.2) is 0 Å². The van der Waals surface area contributed by atoms with E-state index in [1.165, 1.54) is 0 Å². The number of carbonyl (C=O) groups excluding carboxylic acids is 1. The van der Waals surface area contributed by atoms with Gasteiger partial charge in [-0.3, -0.25) is 9.69 Å². The summed E-state index contributed by atoms with van der Waals surface area (Å²) >= 11 is 0. The Kier molecular flexibility index (Phi) is 4.31. The van der Waals surface area contributed by atoms with Crippen molar-refractivity contribution >= 4 is 5.91 Å². The standard InChI is InChI=1S/C9H20N4O/c1-7(9(14)11-2)13-4-3-12-6-8(13)5-10/h7-8,12H,3-6,10H2,1-2H3,(H,11,14). The van der Waals surface area contributed by atoms with Crippen LogP contribution in [0.5, 0.6) is 0 Å². The monoisotopic (exact) mass is 200 g/mol. The first-order chi connectivity index (χ1) is 6.70. The van der Waals surface area contributed by atoms with E-state index in [1.54, 1.807) is 7.05 Å². The van der Waals surface area contributed by atoms with Crippen LogP contribution in [0.1, 0.15) is 6.92 Å². The van der Waals surface area contributed by atoms with Crippen LogP contribution in [-0.2, 0) is 4.79 Å². The molecule has 1 fully saturated rings. The van der Waals surface area contributed by atoms with Gasteiger partial charge in [-0.2, -0.15) is 0 Å². The number of likely N-dealkylation sites (N-methyl/N-ethyl adjacent to an activating group) is 1. The average Bonchev–Trinajstić information content (AvgIpc) is 2.26. The number of piperazine rings is 1. The van der Waals surface area contributed by atoms with Gasteiger partial charge in [0.2, 0.25) is 5.91 Å². The van der Waals surface area contributed by atoms with E-state index in [9.17, 15) is 4.79 Å². The molecule has 4 N–H and O–H groups in total. The van der Waals surface area contributed by atoms with E-state index in [2.05, 4.69) is 15.5 Å². The summed E-state index contributed by atoms with van der Waals surface area (Å²) in [6.45, 7) is 5.20. The van der Waals surface area contributed by atoms with Crippen molar-refractivity contribution in [3.8, 4) is 0 Å². The first-order valence-electron chi connectivity index (χ1n) is 5.08. The van der Waals surface area contributed by atoms with E-state index < -0.39 is 0 Å². The van der Waals surface area contributed by atoms with Crippen LogP contribution in [0.4, 0.5) is 0 Å². The minimum Gasteiger partial charge on any atom is -0.358 e. The van der Waals surface area contributed by atoms with Crippen LogP contribution in [0.2, 0.25) is 0 Å². The minimum absolute atomic E-state index is 0.0605. The molecule has 0 aromatic heterocycles. The largest absolute Gasteiger partial charge is 0.358 e. The number of amides is 1. The van der Waals surface area contributed by atoms with Crippen LogP contribution in [-0.4, -0.2) is 56.1 Å². The Morgan fingerprint density at radius 2 is 2.50 bits per heavy atom. The molecule has 1 aliphatic heterocycles. The van der Waals surface area contributed by atoms with Crippen molar-refractivity contribution < 1.29 is 4.79 Å². The zero-order valence-corrected chi connectivity index (χ0v) is 8.92. The number of carbonyl (C=O) groups is 1. The van der Waals surface area contributed by atoms with Gasteiger partial charge in [0.05, 0.1) is 6.04 Å². The Hall–Kier alpha value is -0.650. The molecule has 5 heteroatoms. The minimum atomic E-state index is -0.0874. The molecule has 0 aliphatic carbocycles. The Balaban J connectivity index is 2.58. The van der Waals surface area contributed by atoms with Gasteiger partial charge in [-0.05, 0) is 6.92 Å². The Morgan fingerprint density at radius 1 is 1.79 bits per heavy atom. The molecular formula is C9H20N4O. The summed E-state index contributed by atoms with van der Waals surface area (Å²) in [5.74, 6) is 0.0605. The lowest BCUT2D eigenvalue weighted by Crippen LogP contribution is -2.60. The Bertz CT molecular complexity index is 197. The zero-order valence-electron chi connectivity index (χ0n) is 8.92. The lowest BCUT2D eigenvalue weighted by molar-refractivity contribution is -0.126. The second kappa shape index (κ2) is 5.29. The molecule has 0 spiro atoms. The summed E-state index contributed by atoms with van der Waals surface area (Å²) in [6, 6.07) is 0.187. The smallest absolute Gasteiger partial charge is 0.236 e. The molecule has 1 rings (SSSR count). The highest BCUT2D eigenvalue weighted by Gasteiger charge is 2.28. The van der Waals surface area contributed by atoms with Gasteiger partial charge < -0.3 is 16.4 Å². The molecule has 0 aromatic rings. The van der Waals surface area contributed by atoms with Crippen molar-refractivity contribution in [2.45, 2.75) is 19.0 Å². The number of nitrogens with zero attached hydrogens (tertiary/aromatic N) is 1. The molecule has 1 amide bonds. The highest BCUT2D eigenvalue weighted by molar-refractivity contribution is 5.81. The van der Waals surface area contributed by atoms with Gasteiger partial charge in [-0.15, -0.1) is 0 Å². The maximum atomic E-state index is 11.5. The van der Waals surface area contributed by atoms with Crippen molar-refractivity contribution in [2.75, 3.05) is 33.2 Å². The topological polar surface area (TPSA) is 70.4 Å². The molecule has 0 bridgehead atoms. The summed E-state index contributed by atoms with van der Waals surface area (Å²) in [4.78, 5) is 13.6. The number of hydrogen-bond donors (Lipinski definition) is 3. The fourth-order valence-electron chi connectivity index (χ4n) is 1.86. The summed E-state index contributed by atoms with van der Waals surface area (Å²) in [6.07, 6.45) is 0. The molecule has 0 aromatic carbocycles. The lowest BCUT2D eigenvalue weighted by Gasteiger charge is -2.38. The van der Waals surface area contributed by atoms with Crippen LogP contribution in [0, 0.1) is 0 Å². The normalized spacial score (nSPS) is 25.8. The molecule has 1 saturated heterocycles. The van der Waals surface area contributed by atoms with Gasteiger partial charge in [-0.1, -0.05) is 0 Å². The van der Waals surface area contributed by atoms with Gasteiger partial charge in [0, 0.05) is 39.3 Å². The zero-order chi connectivity index (χ0) is 10.6. The summed E-state index contributed by atoms with van der Waals surface area (Å²) < 4.78 is 0. The number of rotatable bonds is 3. The molecule has 1 aliphatic rings. The number of nitrogens with two attached hydrogens (primary N) is 1. The molecule has 14 heavy (non-hydrogen) atoms. The second-order valence-corrected chi connectivity index (χ2v) is 3.62. The van der Waals surface area contributed by atoms with E-state index >= 15 is 0 Å². The SMILES string of the molecule is CNC(=O)C(C)N1CCNCC1CN. The van der Waals surface area contributed by atoms with Crippen LogP contribution >= 0.6 is 0 Å². The molecular weight excluding hydrogens is 180 g/mol. The van der Waals surface area contributed by atoms with Crippen molar-refractivity contribution in [3.63, 3.8) is 0 Å². The van der Waals surface area contributed by atoms with Gasteiger partial charge in [0.15, 0.2) is 0 Å². The molecule has 5 nitrogen and oxygen atoms in total. The third-order valence-electron chi connectivity index (χ3n) is 2.79. The van der Waals surface area contributed by atoms with E-state index in [0.717, 1.165) is 19.6 Å². The molecule has 2 atom stereocenters. The molecule has 0 radical (unpaired) electrons. The van der Waals surface area contributed by atoms with Crippen LogP contribution < -0.4 is 16.4 Å². The highest BCUT2D eigenvalue weighted by atomic mass is 16.2. The lowest BCUT2D eigenvalue weighted by atomic mass is 10.1. The molecule has 1 heterocycles. The van der Waals surface area contributed by atoms with Gasteiger partial charge in [0.25, 0.3) is 0 Å². The predicted octanol–water partition coefficient (Wildman–Crippen LogP) is -1.65. The van der Waals surface area contributed by atoms with Crippen molar-refractivity contribution in [1.82, 2.24) is 15.5 Å². The summed E-state index contributed by atoms with van der Waals surface area (Å²) in [5, 5.41) is 5.94. The first-order valence-corrected chi connectivity index (χ1v) is 5.08. The summed E-state index contributed by atoms with van der Waals surface area (Å²) in [5.41, 5.74) is 5.66. The first kappa shape index (κ1) is 11.4. The van der Waals surface area contributed by atoms with E-state index in [1.807, 2.05) is 6.92 Å². The fraction of sp³-hybridized carbons (Fsp3) is 0.889. The van der Waals surface area contributed by atoms with Crippen LogP contribution in [0.25, 0.3) is 0 Å². The highest BCUT2D eigenvalue weighted by Crippen LogP contribution is 2.07. The number of nitrogens with one attached hydrogen (secondary N) is 2. The average molecular weight is 200 g/mol. The summed E-state index contributed by atoms with van der Waals surface area (Å²) in [7, 11) is 1.67. The van der Waals surface area contributed by atoms with E-state index in [0.29, 0.717) is 6.54 Å². The number of hydrogen-bond acceptors (Lipinski definition) is 4. The van der Waals surface area contributed by atoms with Crippen molar-refractivity contribution in [3.05, 3.63) is 0 Å². The maximum Gasteiger partial charge on any atom is 0.236 e. The van der Waals surface area contributed by atoms with E-state index in [4.69, 9.17) is 5.73 Å². The quantitative estimate of drug-likeness (QED) is 0.511.